The van der Waals surface area contributed by atoms with Gasteiger partial charge in [0.1, 0.15) is 0 Å². The van der Waals surface area contributed by atoms with Crippen LogP contribution in [0.2, 0.25) is 0 Å². The van der Waals surface area contributed by atoms with E-state index in [1.54, 1.807) is 6.08 Å². The molecule has 0 spiro atoms. The highest BCUT2D eigenvalue weighted by molar-refractivity contribution is 7.99. The number of aromatic nitrogens is 3. The number of para-hydroxylation sites is 1. The molecule has 0 atom stereocenters. The third kappa shape index (κ3) is 5.82. The van der Waals surface area contributed by atoms with E-state index in [2.05, 4.69) is 27.4 Å². The maximum Gasteiger partial charge on any atom is 0.243 e. The van der Waals surface area contributed by atoms with Gasteiger partial charge in [-0.1, -0.05) is 66.4 Å². The van der Waals surface area contributed by atoms with E-state index in [1.165, 1.54) is 11.8 Å². The second-order valence-corrected chi connectivity index (χ2v) is 7.89. The first-order valence-electron chi connectivity index (χ1n) is 9.84. The molecule has 1 heterocycles. The molecular weight excluding hydrogens is 410 g/mol. The van der Waals surface area contributed by atoms with Gasteiger partial charge in [0.05, 0.1) is 12.3 Å². The molecule has 160 valence electrons. The second kappa shape index (κ2) is 10.6. The molecule has 0 bridgehead atoms. The van der Waals surface area contributed by atoms with Crippen molar-refractivity contribution >= 4 is 29.3 Å². The van der Waals surface area contributed by atoms with Crippen LogP contribution in [0.3, 0.4) is 0 Å². The number of nitrogens with zero attached hydrogens (tertiary/aromatic N) is 3. The van der Waals surface area contributed by atoms with E-state index >= 15 is 0 Å². The van der Waals surface area contributed by atoms with Gasteiger partial charge in [0, 0.05) is 17.8 Å². The molecule has 2 aromatic carbocycles. The predicted molar refractivity (Wildman–Crippen MR) is 124 cm³/mol. The fourth-order valence-electron chi connectivity index (χ4n) is 3.05. The highest BCUT2D eigenvalue weighted by Crippen LogP contribution is 2.24. The van der Waals surface area contributed by atoms with E-state index in [0.29, 0.717) is 11.7 Å². The SMILES string of the molecule is C=CCn1c(SCC(=O)NCC(=O)Nc2c(C)cccc2C)nnc1-c1ccccc1. The molecule has 3 rings (SSSR count). The maximum atomic E-state index is 12.3. The minimum absolute atomic E-state index is 0.0955. The Morgan fingerprint density at radius 1 is 1.03 bits per heavy atom. The minimum atomic E-state index is -0.267. The number of hydrogen-bond donors (Lipinski definition) is 2. The topological polar surface area (TPSA) is 88.9 Å². The van der Waals surface area contributed by atoms with Gasteiger partial charge in [-0.2, -0.15) is 0 Å². The Bertz CT molecular complexity index is 1060. The number of carbonyl (C=O) groups excluding carboxylic acids is 2. The van der Waals surface area contributed by atoms with Crippen LogP contribution in [0.5, 0.6) is 0 Å². The molecule has 1 aromatic heterocycles. The molecule has 0 unspecified atom stereocenters. The molecule has 0 fully saturated rings. The first-order chi connectivity index (χ1) is 15.0. The summed E-state index contributed by atoms with van der Waals surface area (Å²) in [5.74, 6) is 0.324. The molecule has 2 amide bonds. The van der Waals surface area contributed by atoms with Crippen molar-refractivity contribution in [3.8, 4) is 11.4 Å². The van der Waals surface area contributed by atoms with Crippen molar-refractivity contribution in [1.29, 1.82) is 0 Å². The lowest BCUT2D eigenvalue weighted by Crippen LogP contribution is -2.34. The van der Waals surface area contributed by atoms with Crippen LogP contribution in [-0.4, -0.2) is 38.9 Å². The Morgan fingerprint density at radius 3 is 2.42 bits per heavy atom. The number of rotatable bonds is 9. The molecule has 0 aliphatic rings. The van der Waals surface area contributed by atoms with Crippen LogP contribution in [-0.2, 0) is 16.1 Å². The van der Waals surface area contributed by atoms with Crippen LogP contribution in [0.25, 0.3) is 11.4 Å². The number of nitrogens with one attached hydrogen (secondary N) is 2. The predicted octanol–water partition coefficient (Wildman–Crippen LogP) is 3.59. The Labute approximate surface area is 186 Å². The molecule has 0 saturated carbocycles. The number of allylic oxidation sites excluding steroid dienone is 1. The number of aryl methyl sites for hydroxylation is 2. The van der Waals surface area contributed by atoms with Gasteiger partial charge in [0.2, 0.25) is 11.8 Å². The summed E-state index contributed by atoms with van der Waals surface area (Å²) < 4.78 is 1.91. The monoisotopic (exact) mass is 435 g/mol. The van der Waals surface area contributed by atoms with Crippen LogP contribution >= 0.6 is 11.8 Å². The maximum absolute atomic E-state index is 12.3. The largest absolute Gasteiger partial charge is 0.346 e. The number of thioether (sulfide) groups is 1. The van der Waals surface area contributed by atoms with Crippen LogP contribution < -0.4 is 10.6 Å². The summed E-state index contributed by atoms with van der Waals surface area (Å²) in [6.45, 7) is 8.09. The van der Waals surface area contributed by atoms with Gasteiger partial charge in [0.15, 0.2) is 11.0 Å². The van der Waals surface area contributed by atoms with Crippen LogP contribution in [0.4, 0.5) is 5.69 Å². The fraction of sp³-hybridized carbons (Fsp3) is 0.217. The number of hydrogen-bond acceptors (Lipinski definition) is 5. The summed E-state index contributed by atoms with van der Waals surface area (Å²) in [5, 5.41) is 14.6. The third-order valence-electron chi connectivity index (χ3n) is 4.58. The van der Waals surface area contributed by atoms with Crippen LogP contribution in [0, 0.1) is 13.8 Å². The quantitative estimate of drug-likeness (QED) is 0.396. The van der Waals surface area contributed by atoms with E-state index in [9.17, 15) is 9.59 Å². The van der Waals surface area contributed by atoms with Gasteiger partial charge in [-0.3, -0.25) is 14.2 Å². The van der Waals surface area contributed by atoms with E-state index in [4.69, 9.17) is 0 Å². The average molecular weight is 436 g/mol. The third-order valence-corrected chi connectivity index (χ3v) is 5.55. The molecular formula is C23H25N5O2S. The summed E-state index contributed by atoms with van der Waals surface area (Å²) in [5.41, 5.74) is 3.68. The molecule has 7 nitrogen and oxygen atoms in total. The first kappa shape index (κ1) is 22.3. The number of amides is 2. The number of anilines is 1. The summed E-state index contributed by atoms with van der Waals surface area (Å²) in [6, 6.07) is 15.5. The molecule has 0 saturated heterocycles. The zero-order valence-electron chi connectivity index (χ0n) is 17.6. The smallest absolute Gasteiger partial charge is 0.243 e. The Balaban J connectivity index is 1.55. The molecule has 31 heavy (non-hydrogen) atoms. The normalized spacial score (nSPS) is 10.5. The molecule has 0 radical (unpaired) electrons. The van der Waals surface area contributed by atoms with Crippen molar-refractivity contribution in [2.45, 2.75) is 25.5 Å². The average Bonchev–Trinajstić information content (AvgIpc) is 3.17. The number of carbonyl (C=O) groups is 2. The molecule has 0 aliphatic heterocycles. The zero-order chi connectivity index (χ0) is 22.2. The highest BCUT2D eigenvalue weighted by atomic mass is 32.2. The fourth-order valence-corrected chi connectivity index (χ4v) is 3.82. The van der Waals surface area contributed by atoms with Crippen LogP contribution in [0.1, 0.15) is 11.1 Å². The van der Waals surface area contributed by atoms with Gasteiger partial charge >= 0.3 is 0 Å². The minimum Gasteiger partial charge on any atom is -0.346 e. The lowest BCUT2D eigenvalue weighted by molar-refractivity contribution is -0.122. The van der Waals surface area contributed by atoms with Gasteiger partial charge < -0.3 is 10.6 Å². The molecule has 3 aromatic rings. The summed E-state index contributed by atoms with van der Waals surface area (Å²) >= 11 is 1.27. The highest BCUT2D eigenvalue weighted by Gasteiger charge is 2.15. The van der Waals surface area contributed by atoms with Gasteiger partial charge in [0.25, 0.3) is 0 Å². The van der Waals surface area contributed by atoms with Crippen molar-refractivity contribution in [3.05, 3.63) is 72.3 Å². The van der Waals surface area contributed by atoms with Crippen molar-refractivity contribution in [2.75, 3.05) is 17.6 Å². The van der Waals surface area contributed by atoms with Gasteiger partial charge in [-0.05, 0) is 25.0 Å². The standard InChI is InChI=1S/C23H25N5O2S/c1-4-13-28-22(18-11-6-5-7-12-18)26-27-23(28)31-15-20(30)24-14-19(29)25-21-16(2)9-8-10-17(21)3/h4-12H,1,13-15H2,2-3H3,(H,24,30)(H,25,29). The Kier molecular flexibility index (Phi) is 7.61. The second-order valence-electron chi connectivity index (χ2n) is 6.95. The lowest BCUT2D eigenvalue weighted by Gasteiger charge is -2.12. The van der Waals surface area contributed by atoms with Gasteiger partial charge in [-0.15, -0.1) is 16.8 Å². The van der Waals surface area contributed by atoms with E-state index in [1.807, 2.05) is 66.9 Å². The van der Waals surface area contributed by atoms with E-state index in [-0.39, 0.29) is 24.1 Å². The van der Waals surface area contributed by atoms with E-state index < -0.39 is 0 Å². The van der Waals surface area contributed by atoms with Crippen molar-refractivity contribution in [2.24, 2.45) is 0 Å². The zero-order valence-corrected chi connectivity index (χ0v) is 18.4. The summed E-state index contributed by atoms with van der Waals surface area (Å²) in [6.07, 6.45) is 1.76. The summed E-state index contributed by atoms with van der Waals surface area (Å²) in [7, 11) is 0. The Hall–Kier alpha value is -3.39. The number of benzene rings is 2. The first-order valence-corrected chi connectivity index (χ1v) is 10.8. The molecule has 0 aliphatic carbocycles. The Morgan fingerprint density at radius 2 is 1.74 bits per heavy atom. The van der Waals surface area contributed by atoms with Gasteiger partial charge in [-0.25, -0.2) is 0 Å². The van der Waals surface area contributed by atoms with Crippen molar-refractivity contribution in [3.63, 3.8) is 0 Å². The van der Waals surface area contributed by atoms with Crippen LogP contribution in [0.15, 0.2) is 66.3 Å². The summed E-state index contributed by atoms with van der Waals surface area (Å²) in [4.78, 5) is 24.5. The molecule has 8 heteroatoms. The molecule has 2 N–H and O–H groups in total. The van der Waals surface area contributed by atoms with E-state index in [0.717, 1.165) is 28.2 Å². The van der Waals surface area contributed by atoms with Crippen molar-refractivity contribution in [1.82, 2.24) is 20.1 Å². The van der Waals surface area contributed by atoms with Crippen molar-refractivity contribution < 1.29 is 9.59 Å². The lowest BCUT2D eigenvalue weighted by atomic mass is 10.1.